The van der Waals surface area contributed by atoms with E-state index in [1.54, 1.807) is 0 Å². The second-order valence-corrected chi connectivity index (χ2v) is 7.49. The molecule has 1 aromatic carbocycles. The molecule has 1 saturated carbocycles. The molecule has 0 amide bonds. The van der Waals surface area contributed by atoms with Crippen molar-refractivity contribution in [3.63, 3.8) is 0 Å². The zero-order valence-corrected chi connectivity index (χ0v) is 12.1. The summed E-state index contributed by atoms with van der Waals surface area (Å²) in [7, 11) is -2.11. The molecule has 1 saturated heterocycles. The predicted octanol–water partition coefficient (Wildman–Crippen LogP) is 0.423. The lowest BCUT2D eigenvalue weighted by molar-refractivity contribution is -0.0764. The van der Waals surface area contributed by atoms with Crippen molar-refractivity contribution in [2.45, 2.75) is 23.3 Å². The molecule has 20 heavy (non-hydrogen) atoms. The van der Waals surface area contributed by atoms with Crippen LogP contribution in [0.4, 0.5) is 5.69 Å². The van der Waals surface area contributed by atoms with E-state index >= 15 is 0 Å². The van der Waals surface area contributed by atoms with Crippen molar-refractivity contribution in [1.82, 2.24) is 4.31 Å². The van der Waals surface area contributed by atoms with Gasteiger partial charge in [-0.2, -0.15) is 4.31 Å². The molecule has 2 fully saturated rings. The molecule has 1 aromatic rings. The number of hydrogen-bond donors (Lipinski definition) is 2. The fourth-order valence-electron chi connectivity index (χ4n) is 2.64. The first-order chi connectivity index (χ1) is 9.37. The number of benzene rings is 1. The van der Waals surface area contributed by atoms with Gasteiger partial charge in [0, 0.05) is 13.1 Å². The molecule has 0 spiro atoms. The van der Waals surface area contributed by atoms with Gasteiger partial charge in [0.15, 0.2) is 0 Å². The number of sulfonamides is 1. The number of rotatable bonds is 4. The molecular formula is C13H18N2O4S. The van der Waals surface area contributed by atoms with E-state index in [9.17, 15) is 13.5 Å². The molecule has 0 unspecified atom stereocenters. The van der Waals surface area contributed by atoms with Crippen LogP contribution in [-0.4, -0.2) is 43.6 Å². The van der Waals surface area contributed by atoms with E-state index in [2.05, 4.69) is 0 Å². The molecule has 3 rings (SSSR count). The molecule has 1 heterocycles. The summed E-state index contributed by atoms with van der Waals surface area (Å²) in [5.74, 6) is 0.705. The Morgan fingerprint density at radius 1 is 1.40 bits per heavy atom. The minimum atomic E-state index is -3.59. The maximum atomic E-state index is 12.4. The van der Waals surface area contributed by atoms with E-state index in [0.717, 1.165) is 12.8 Å². The molecule has 0 bridgehead atoms. The molecule has 1 aliphatic carbocycles. The van der Waals surface area contributed by atoms with Crippen LogP contribution in [0, 0.1) is 5.92 Å². The van der Waals surface area contributed by atoms with Gasteiger partial charge >= 0.3 is 0 Å². The van der Waals surface area contributed by atoms with Crippen molar-refractivity contribution >= 4 is 15.7 Å². The van der Waals surface area contributed by atoms with Crippen molar-refractivity contribution in [3.05, 3.63) is 18.2 Å². The van der Waals surface area contributed by atoms with Gasteiger partial charge in [-0.3, -0.25) is 0 Å². The normalized spacial score (nSPS) is 22.3. The van der Waals surface area contributed by atoms with Crippen molar-refractivity contribution in [1.29, 1.82) is 0 Å². The summed E-state index contributed by atoms with van der Waals surface area (Å²) in [6, 6.07) is 4.40. The van der Waals surface area contributed by atoms with Gasteiger partial charge < -0.3 is 15.6 Å². The lowest BCUT2D eigenvalue weighted by Gasteiger charge is -2.45. The van der Waals surface area contributed by atoms with E-state index in [4.69, 9.17) is 10.5 Å². The largest absolute Gasteiger partial charge is 0.495 e. The first-order valence-corrected chi connectivity index (χ1v) is 7.97. The highest BCUT2D eigenvalue weighted by Gasteiger charge is 2.55. The molecule has 3 N–H and O–H groups in total. The van der Waals surface area contributed by atoms with Crippen LogP contribution in [-0.2, 0) is 10.0 Å². The van der Waals surface area contributed by atoms with E-state index in [1.165, 1.54) is 29.6 Å². The van der Waals surface area contributed by atoms with Gasteiger partial charge in [0.05, 0.1) is 23.3 Å². The highest BCUT2D eigenvalue weighted by molar-refractivity contribution is 7.89. The summed E-state index contributed by atoms with van der Waals surface area (Å²) in [4.78, 5) is 0.133. The summed E-state index contributed by atoms with van der Waals surface area (Å²) in [5.41, 5.74) is 5.20. The standard InChI is InChI=1S/C13H18N2O4S/c1-19-12-5-4-10(6-11(12)14)20(17,18)15-7-13(16,8-15)9-2-3-9/h4-6,9,16H,2-3,7-8,14H2,1H3. The third-order valence-corrected chi connectivity index (χ3v) is 5.86. The van der Waals surface area contributed by atoms with Gasteiger partial charge in [-0.25, -0.2) is 8.42 Å². The second-order valence-electron chi connectivity index (χ2n) is 5.55. The molecule has 1 aliphatic heterocycles. The number of nitrogen functional groups attached to an aromatic ring is 1. The van der Waals surface area contributed by atoms with Gasteiger partial charge in [0.1, 0.15) is 5.75 Å². The van der Waals surface area contributed by atoms with Gasteiger partial charge in [-0.15, -0.1) is 0 Å². The van der Waals surface area contributed by atoms with Crippen LogP contribution in [0.5, 0.6) is 5.75 Å². The van der Waals surface area contributed by atoms with Gasteiger partial charge in [0.25, 0.3) is 0 Å². The maximum absolute atomic E-state index is 12.4. The molecule has 7 heteroatoms. The second kappa shape index (κ2) is 4.34. The Morgan fingerprint density at radius 2 is 2.05 bits per heavy atom. The highest BCUT2D eigenvalue weighted by Crippen LogP contribution is 2.46. The number of anilines is 1. The smallest absolute Gasteiger partial charge is 0.243 e. The number of ether oxygens (including phenoxy) is 1. The topological polar surface area (TPSA) is 92.9 Å². The Kier molecular flexibility index (Phi) is 2.97. The van der Waals surface area contributed by atoms with E-state index in [1.807, 2.05) is 0 Å². The molecule has 2 aliphatic rings. The Morgan fingerprint density at radius 3 is 2.55 bits per heavy atom. The Bertz CT molecular complexity index is 634. The van der Waals surface area contributed by atoms with Crippen LogP contribution in [0.3, 0.4) is 0 Å². The van der Waals surface area contributed by atoms with Crippen molar-refractivity contribution in [2.24, 2.45) is 5.92 Å². The SMILES string of the molecule is COc1ccc(S(=O)(=O)N2CC(O)(C3CC3)C2)cc1N. The fraction of sp³-hybridized carbons (Fsp3) is 0.538. The van der Waals surface area contributed by atoms with Crippen LogP contribution in [0.2, 0.25) is 0 Å². The molecule has 0 atom stereocenters. The summed E-state index contributed by atoms with van der Waals surface area (Å²) < 4.78 is 31.1. The summed E-state index contributed by atoms with van der Waals surface area (Å²) in [5, 5.41) is 10.2. The first-order valence-electron chi connectivity index (χ1n) is 6.53. The maximum Gasteiger partial charge on any atom is 0.243 e. The van der Waals surface area contributed by atoms with Crippen LogP contribution in [0.15, 0.2) is 23.1 Å². The molecule has 6 nitrogen and oxygen atoms in total. The number of aliphatic hydroxyl groups is 1. The van der Waals surface area contributed by atoms with Gasteiger partial charge in [-0.1, -0.05) is 0 Å². The van der Waals surface area contributed by atoms with E-state index in [-0.39, 0.29) is 29.6 Å². The van der Waals surface area contributed by atoms with E-state index in [0.29, 0.717) is 5.75 Å². The van der Waals surface area contributed by atoms with Crippen LogP contribution in [0.25, 0.3) is 0 Å². The summed E-state index contributed by atoms with van der Waals surface area (Å²) in [6.45, 7) is 0.345. The fourth-order valence-corrected chi connectivity index (χ4v) is 4.24. The van der Waals surface area contributed by atoms with Gasteiger partial charge in [-0.05, 0) is 37.0 Å². The average molecular weight is 298 g/mol. The van der Waals surface area contributed by atoms with E-state index < -0.39 is 15.6 Å². The van der Waals surface area contributed by atoms with Crippen molar-refractivity contribution in [2.75, 3.05) is 25.9 Å². The average Bonchev–Trinajstić information content (AvgIpc) is 3.19. The molecule has 0 aromatic heterocycles. The summed E-state index contributed by atoms with van der Waals surface area (Å²) >= 11 is 0. The van der Waals surface area contributed by atoms with Crippen molar-refractivity contribution < 1.29 is 18.3 Å². The zero-order valence-electron chi connectivity index (χ0n) is 11.2. The Balaban J connectivity index is 1.81. The number of nitrogens with zero attached hydrogens (tertiary/aromatic N) is 1. The third kappa shape index (κ3) is 2.06. The van der Waals surface area contributed by atoms with Gasteiger partial charge in [0.2, 0.25) is 10.0 Å². The predicted molar refractivity (Wildman–Crippen MR) is 73.8 cm³/mol. The number of methoxy groups -OCH3 is 1. The van der Waals surface area contributed by atoms with Crippen LogP contribution in [0.1, 0.15) is 12.8 Å². The number of nitrogens with two attached hydrogens (primary N) is 1. The minimum absolute atomic E-state index is 0.133. The summed E-state index contributed by atoms with van der Waals surface area (Å²) in [6.07, 6.45) is 1.97. The minimum Gasteiger partial charge on any atom is -0.495 e. The van der Waals surface area contributed by atoms with Crippen LogP contribution >= 0.6 is 0 Å². The zero-order chi connectivity index (χ0) is 14.5. The number of β-amino-alcohol motifs (C(OH)–C–C–N with tert-alkyl or cyclic N) is 1. The molecule has 110 valence electrons. The molecular weight excluding hydrogens is 280 g/mol. The molecule has 0 radical (unpaired) electrons. The quantitative estimate of drug-likeness (QED) is 0.786. The lowest BCUT2D eigenvalue weighted by atomic mass is 9.91. The lowest BCUT2D eigenvalue weighted by Crippen LogP contribution is -2.64. The Labute approximate surface area is 118 Å². The highest BCUT2D eigenvalue weighted by atomic mass is 32.2. The monoisotopic (exact) mass is 298 g/mol. The van der Waals surface area contributed by atoms with Crippen molar-refractivity contribution in [3.8, 4) is 5.75 Å². The Hall–Kier alpha value is -1.31. The number of hydrogen-bond acceptors (Lipinski definition) is 5. The first kappa shape index (κ1) is 13.7. The third-order valence-electron chi connectivity index (χ3n) is 4.08. The van der Waals surface area contributed by atoms with Crippen LogP contribution < -0.4 is 10.5 Å².